The van der Waals surface area contributed by atoms with Crippen molar-refractivity contribution in [3.63, 3.8) is 0 Å². The molecule has 0 radical (unpaired) electrons. The van der Waals surface area contributed by atoms with Gasteiger partial charge in [0.05, 0.1) is 18.8 Å². The number of hydrogen-bond donors (Lipinski definition) is 0. The summed E-state index contributed by atoms with van der Waals surface area (Å²) in [7, 11) is 3.05. The molecule has 0 fully saturated rings. The van der Waals surface area contributed by atoms with E-state index in [1.165, 1.54) is 7.11 Å². The molecule has 0 saturated heterocycles. The van der Waals surface area contributed by atoms with E-state index in [4.69, 9.17) is 9.47 Å². The van der Waals surface area contributed by atoms with E-state index in [-0.39, 0.29) is 17.5 Å². The van der Waals surface area contributed by atoms with Gasteiger partial charge in [0.25, 0.3) is 0 Å². The van der Waals surface area contributed by atoms with Crippen LogP contribution in [0.3, 0.4) is 0 Å². The summed E-state index contributed by atoms with van der Waals surface area (Å²) in [6, 6.07) is 5.39. The van der Waals surface area contributed by atoms with Crippen LogP contribution in [0.4, 0.5) is 0 Å². The SMILES string of the molecule is COC(=O)c1ccc(Br)c([C@@H](OC)C(C)(C)C)c1. The maximum Gasteiger partial charge on any atom is 0.337 e. The number of benzene rings is 1. The zero-order valence-electron chi connectivity index (χ0n) is 11.4. The largest absolute Gasteiger partial charge is 0.465 e. The van der Waals surface area contributed by atoms with E-state index in [0.717, 1.165) is 10.0 Å². The zero-order chi connectivity index (χ0) is 13.9. The number of halogens is 1. The molecule has 0 aliphatic carbocycles. The number of ether oxygens (including phenoxy) is 2. The van der Waals surface area contributed by atoms with E-state index < -0.39 is 0 Å². The Kier molecular flexibility index (Phi) is 4.93. The van der Waals surface area contributed by atoms with Crippen molar-refractivity contribution in [2.24, 2.45) is 5.41 Å². The Morgan fingerprint density at radius 3 is 2.33 bits per heavy atom. The van der Waals surface area contributed by atoms with Crippen LogP contribution in [0.15, 0.2) is 22.7 Å². The van der Waals surface area contributed by atoms with Gasteiger partial charge in [-0.3, -0.25) is 0 Å². The van der Waals surface area contributed by atoms with Crippen molar-refractivity contribution in [2.75, 3.05) is 14.2 Å². The van der Waals surface area contributed by atoms with Crippen LogP contribution >= 0.6 is 15.9 Å². The molecule has 1 aromatic rings. The van der Waals surface area contributed by atoms with Crippen molar-refractivity contribution in [1.29, 1.82) is 0 Å². The van der Waals surface area contributed by atoms with Gasteiger partial charge in [-0.15, -0.1) is 0 Å². The molecule has 1 rings (SSSR count). The van der Waals surface area contributed by atoms with E-state index in [9.17, 15) is 4.79 Å². The Labute approximate surface area is 117 Å². The molecule has 0 aliphatic heterocycles. The van der Waals surface area contributed by atoms with Crippen LogP contribution in [0.5, 0.6) is 0 Å². The smallest absolute Gasteiger partial charge is 0.337 e. The lowest BCUT2D eigenvalue weighted by atomic mass is 9.84. The van der Waals surface area contributed by atoms with Gasteiger partial charge in [-0.2, -0.15) is 0 Å². The first-order valence-electron chi connectivity index (χ1n) is 5.71. The zero-order valence-corrected chi connectivity index (χ0v) is 13.0. The third-order valence-corrected chi connectivity index (χ3v) is 3.44. The summed E-state index contributed by atoms with van der Waals surface area (Å²) < 4.78 is 11.2. The molecule has 0 aromatic heterocycles. The van der Waals surface area contributed by atoms with E-state index in [2.05, 4.69) is 36.7 Å². The van der Waals surface area contributed by atoms with Gasteiger partial charge in [0, 0.05) is 11.6 Å². The Hall–Kier alpha value is -0.870. The molecule has 0 spiro atoms. The second-order valence-electron chi connectivity index (χ2n) is 5.21. The average molecular weight is 315 g/mol. The molecule has 18 heavy (non-hydrogen) atoms. The molecule has 0 bridgehead atoms. The van der Waals surface area contributed by atoms with Crippen molar-refractivity contribution in [3.05, 3.63) is 33.8 Å². The predicted molar refractivity (Wildman–Crippen MR) is 74.7 cm³/mol. The van der Waals surface area contributed by atoms with Gasteiger partial charge in [0.1, 0.15) is 0 Å². The molecule has 0 aliphatic rings. The van der Waals surface area contributed by atoms with Crippen molar-refractivity contribution in [1.82, 2.24) is 0 Å². The molecule has 1 aromatic carbocycles. The first kappa shape index (κ1) is 15.2. The maximum atomic E-state index is 11.6. The highest BCUT2D eigenvalue weighted by atomic mass is 79.9. The fraction of sp³-hybridized carbons (Fsp3) is 0.500. The summed E-state index contributed by atoms with van der Waals surface area (Å²) in [6.45, 7) is 6.29. The van der Waals surface area contributed by atoms with Crippen molar-refractivity contribution >= 4 is 21.9 Å². The van der Waals surface area contributed by atoms with Crippen LogP contribution in [-0.2, 0) is 9.47 Å². The number of rotatable bonds is 3. The summed E-state index contributed by atoms with van der Waals surface area (Å²) in [5.74, 6) is -0.340. The molecule has 0 unspecified atom stereocenters. The number of methoxy groups -OCH3 is 2. The minimum absolute atomic E-state index is 0.0635. The van der Waals surface area contributed by atoms with Gasteiger partial charge < -0.3 is 9.47 Å². The van der Waals surface area contributed by atoms with Crippen LogP contribution < -0.4 is 0 Å². The third kappa shape index (κ3) is 3.33. The van der Waals surface area contributed by atoms with Gasteiger partial charge in [-0.25, -0.2) is 4.79 Å². The lowest BCUT2D eigenvalue weighted by Gasteiger charge is -2.30. The number of hydrogen-bond acceptors (Lipinski definition) is 3. The summed E-state index contributed by atoms with van der Waals surface area (Å²) in [6.07, 6.45) is -0.100. The minimum Gasteiger partial charge on any atom is -0.465 e. The number of carbonyl (C=O) groups excluding carboxylic acids is 1. The standard InChI is InChI=1S/C14H19BrO3/c1-14(2,3)12(17-4)10-8-9(13(16)18-5)6-7-11(10)15/h6-8,12H,1-5H3/t12-/m1/s1. The first-order valence-corrected chi connectivity index (χ1v) is 6.51. The highest BCUT2D eigenvalue weighted by Crippen LogP contribution is 2.39. The molecule has 0 N–H and O–H groups in total. The van der Waals surface area contributed by atoms with Crippen LogP contribution in [0.2, 0.25) is 0 Å². The average Bonchev–Trinajstić information content (AvgIpc) is 2.29. The fourth-order valence-electron chi connectivity index (χ4n) is 1.94. The van der Waals surface area contributed by atoms with Crippen molar-refractivity contribution in [2.45, 2.75) is 26.9 Å². The van der Waals surface area contributed by atoms with Crippen molar-refractivity contribution < 1.29 is 14.3 Å². The Bertz CT molecular complexity index is 435. The highest BCUT2D eigenvalue weighted by Gasteiger charge is 2.28. The van der Waals surface area contributed by atoms with Crippen LogP contribution in [0.25, 0.3) is 0 Å². The minimum atomic E-state index is -0.340. The Morgan fingerprint density at radius 2 is 1.89 bits per heavy atom. The van der Waals surface area contributed by atoms with E-state index in [0.29, 0.717) is 5.56 Å². The highest BCUT2D eigenvalue weighted by molar-refractivity contribution is 9.10. The normalized spacial score (nSPS) is 13.2. The number of esters is 1. The summed E-state index contributed by atoms with van der Waals surface area (Å²) in [5.41, 5.74) is 1.42. The molecule has 100 valence electrons. The van der Waals surface area contributed by atoms with Gasteiger partial charge in [0.15, 0.2) is 0 Å². The van der Waals surface area contributed by atoms with E-state index in [1.54, 1.807) is 13.2 Å². The second-order valence-corrected chi connectivity index (χ2v) is 6.06. The van der Waals surface area contributed by atoms with E-state index >= 15 is 0 Å². The Morgan fingerprint density at radius 1 is 1.28 bits per heavy atom. The molecular weight excluding hydrogens is 296 g/mol. The van der Waals surface area contributed by atoms with Gasteiger partial charge >= 0.3 is 5.97 Å². The lowest BCUT2D eigenvalue weighted by Crippen LogP contribution is -2.21. The third-order valence-electron chi connectivity index (χ3n) is 2.72. The van der Waals surface area contributed by atoms with E-state index in [1.807, 2.05) is 12.1 Å². The van der Waals surface area contributed by atoms with Crippen molar-refractivity contribution in [3.8, 4) is 0 Å². The molecular formula is C14H19BrO3. The maximum absolute atomic E-state index is 11.6. The molecule has 4 heteroatoms. The van der Waals surface area contributed by atoms with Gasteiger partial charge in [-0.05, 0) is 29.2 Å². The summed E-state index contributed by atoms with van der Waals surface area (Å²) in [5, 5.41) is 0. The number of carbonyl (C=O) groups is 1. The molecule has 0 amide bonds. The first-order chi connectivity index (χ1) is 8.31. The van der Waals surface area contributed by atoms with Gasteiger partial charge in [-0.1, -0.05) is 36.7 Å². The summed E-state index contributed by atoms with van der Waals surface area (Å²) in [4.78, 5) is 11.6. The van der Waals surface area contributed by atoms with Crippen LogP contribution in [0.1, 0.15) is 42.8 Å². The van der Waals surface area contributed by atoms with Gasteiger partial charge in [0.2, 0.25) is 0 Å². The Balaban J connectivity index is 3.26. The lowest BCUT2D eigenvalue weighted by molar-refractivity contribution is 0.0146. The second kappa shape index (κ2) is 5.85. The molecule has 0 saturated carbocycles. The van der Waals surface area contributed by atoms with Crippen LogP contribution in [-0.4, -0.2) is 20.2 Å². The molecule has 1 atom stereocenters. The van der Waals surface area contributed by atoms with Crippen LogP contribution in [0, 0.1) is 5.41 Å². The molecule has 0 heterocycles. The molecule has 3 nitrogen and oxygen atoms in total. The fourth-order valence-corrected chi connectivity index (χ4v) is 2.39. The quantitative estimate of drug-likeness (QED) is 0.792. The predicted octanol–water partition coefficient (Wildman–Crippen LogP) is 3.97. The topological polar surface area (TPSA) is 35.5 Å². The monoisotopic (exact) mass is 314 g/mol. The summed E-state index contributed by atoms with van der Waals surface area (Å²) >= 11 is 3.50.